The first-order chi connectivity index (χ1) is 10.3. The van der Waals surface area contributed by atoms with Crippen LogP contribution in [0.5, 0.6) is 0 Å². The molecular weight excluding hydrogens is 334 g/mol. The first-order valence-electron chi connectivity index (χ1n) is 7.58. The highest BCUT2D eigenvalue weighted by atomic mass is 79.9. The van der Waals surface area contributed by atoms with E-state index in [1.165, 1.54) is 36.7 Å². The SMILES string of the molecule is C#CC[N+]1(CC#Cc2cccc3ccccc23)CCCC1.[Br-]. The highest BCUT2D eigenvalue weighted by Gasteiger charge is 2.29. The number of hydrogen-bond donors (Lipinski definition) is 0. The van der Waals surface area contributed by atoms with Crippen LogP contribution >= 0.6 is 0 Å². The van der Waals surface area contributed by atoms with Gasteiger partial charge in [0, 0.05) is 18.4 Å². The predicted molar refractivity (Wildman–Crippen MR) is 88.6 cm³/mol. The molecule has 0 N–H and O–H groups in total. The van der Waals surface area contributed by atoms with Crippen LogP contribution in [0, 0.1) is 24.2 Å². The Bertz CT molecular complexity index is 734. The van der Waals surface area contributed by atoms with Gasteiger partial charge in [0.25, 0.3) is 0 Å². The fourth-order valence-electron chi connectivity index (χ4n) is 3.21. The lowest BCUT2D eigenvalue weighted by molar-refractivity contribution is -0.903. The molecule has 1 heterocycles. The first kappa shape index (κ1) is 16.6. The predicted octanol–water partition coefficient (Wildman–Crippen LogP) is 0.439. The quantitative estimate of drug-likeness (QED) is 0.542. The van der Waals surface area contributed by atoms with Crippen molar-refractivity contribution in [1.29, 1.82) is 0 Å². The summed E-state index contributed by atoms with van der Waals surface area (Å²) >= 11 is 0. The number of fused-ring (bicyclic) bond motifs is 1. The Balaban J connectivity index is 0.00000176. The fourth-order valence-corrected chi connectivity index (χ4v) is 3.21. The van der Waals surface area contributed by atoms with Gasteiger partial charge in [-0.15, -0.1) is 6.42 Å². The summed E-state index contributed by atoms with van der Waals surface area (Å²) in [4.78, 5) is 0. The number of halogens is 1. The average Bonchev–Trinajstić information content (AvgIpc) is 2.97. The second-order valence-corrected chi connectivity index (χ2v) is 5.84. The average molecular weight is 354 g/mol. The molecule has 0 aliphatic carbocycles. The molecule has 1 saturated heterocycles. The number of quaternary nitrogens is 1. The van der Waals surface area contributed by atoms with Gasteiger partial charge in [-0.25, -0.2) is 0 Å². The van der Waals surface area contributed by atoms with Crippen LogP contribution in [0.3, 0.4) is 0 Å². The molecule has 0 bridgehead atoms. The van der Waals surface area contributed by atoms with E-state index in [1.807, 2.05) is 0 Å². The Morgan fingerprint density at radius 3 is 2.45 bits per heavy atom. The molecule has 0 atom stereocenters. The summed E-state index contributed by atoms with van der Waals surface area (Å²) in [7, 11) is 0. The van der Waals surface area contributed by atoms with Gasteiger partial charge in [-0.1, -0.05) is 42.3 Å². The van der Waals surface area contributed by atoms with Gasteiger partial charge in [0.15, 0.2) is 0 Å². The van der Waals surface area contributed by atoms with Gasteiger partial charge >= 0.3 is 0 Å². The van der Waals surface area contributed by atoms with Crippen LogP contribution in [0.25, 0.3) is 10.8 Å². The van der Waals surface area contributed by atoms with Crippen LogP contribution in [-0.2, 0) is 0 Å². The lowest BCUT2D eigenvalue weighted by Crippen LogP contribution is -3.00. The van der Waals surface area contributed by atoms with Crippen LogP contribution in [-0.4, -0.2) is 30.7 Å². The summed E-state index contributed by atoms with van der Waals surface area (Å²) in [6.45, 7) is 4.03. The van der Waals surface area contributed by atoms with Crippen LogP contribution < -0.4 is 17.0 Å². The molecule has 1 nitrogen and oxygen atoms in total. The zero-order chi connectivity index (χ0) is 14.5. The summed E-state index contributed by atoms with van der Waals surface area (Å²) < 4.78 is 0.980. The van der Waals surface area contributed by atoms with Crippen LogP contribution in [0.1, 0.15) is 18.4 Å². The largest absolute Gasteiger partial charge is 1.00 e. The Hall–Kier alpha value is -1.74. The summed E-state index contributed by atoms with van der Waals surface area (Å²) in [5.74, 6) is 9.58. The summed E-state index contributed by atoms with van der Waals surface area (Å²) in [6.07, 6.45) is 8.09. The summed E-state index contributed by atoms with van der Waals surface area (Å²) in [6, 6.07) is 14.7. The number of nitrogens with zero attached hydrogens (tertiary/aromatic N) is 1. The third kappa shape index (κ3) is 3.53. The fraction of sp³-hybridized carbons (Fsp3) is 0.300. The van der Waals surface area contributed by atoms with Crippen molar-refractivity contribution in [2.24, 2.45) is 0 Å². The minimum Gasteiger partial charge on any atom is -1.00 e. The number of hydrogen-bond acceptors (Lipinski definition) is 0. The Morgan fingerprint density at radius 2 is 1.68 bits per heavy atom. The van der Waals surface area contributed by atoms with E-state index in [0.717, 1.165) is 23.1 Å². The van der Waals surface area contributed by atoms with Gasteiger partial charge in [0.2, 0.25) is 0 Å². The lowest BCUT2D eigenvalue weighted by atomic mass is 10.1. The maximum atomic E-state index is 5.54. The third-order valence-electron chi connectivity index (χ3n) is 4.37. The molecule has 0 amide bonds. The van der Waals surface area contributed by atoms with Crippen molar-refractivity contribution in [2.75, 3.05) is 26.2 Å². The molecule has 2 aromatic carbocycles. The number of terminal acetylenes is 1. The lowest BCUT2D eigenvalue weighted by Gasteiger charge is -2.29. The highest BCUT2D eigenvalue weighted by molar-refractivity contribution is 5.88. The summed E-state index contributed by atoms with van der Waals surface area (Å²) in [5, 5.41) is 2.48. The third-order valence-corrected chi connectivity index (χ3v) is 4.37. The number of rotatable bonds is 2. The zero-order valence-electron chi connectivity index (χ0n) is 12.7. The van der Waals surface area contributed by atoms with E-state index in [-0.39, 0.29) is 17.0 Å². The molecule has 1 fully saturated rings. The van der Waals surface area contributed by atoms with E-state index < -0.39 is 0 Å². The molecule has 2 aromatic rings. The van der Waals surface area contributed by atoms with Gasteiger partial charge in [0.1, 0.15) is 13.1 Å². The molecular formula is C20H20BrN. The molecule has 1 aliphatic rings. The van der Waals surface area contributed by atoms with Crippen LogP contribution in [0.2, 0.25) is 0 Å². The molecule has 112 valence electrons. The highest BCUT2D eigenvalue weighted by Crippen LogP contribution is 2.19. The molecule has 2 heteroatoms. The van der Waals surface area contributed by atoms with Crippen LogP contribution in [0.15, 0.2) is 42.5 Å². The summed E-state index contributed by atoms with van der Waals surface area (Å²) in [5.41, 5.74) is 1.12. The van der Waals surface area contributed by atoms with Crippen molar-refractivity contribution >= 4 is 10.8 Å². The molecule has 0 saturated carbocycles. The van der Waals surface area contributed by atoms with E-state index in [2.05, 4.69) is 60.2 Å². The van der Waals surface area contributed by atoms with Crippen molar-refractivity contribution in [3.05, 3.63) is 48.0 Å². The van der Waals surface area contributed by atoms with E-state index in [1.54, 1.807) is 0 Å². The van der Waals surface area contributed by atoms with Gasteiger partial charge < -0.3 is 21.5 Å². The second kappa shape index (κ2) is 7.50. The van der Waals surface area contributed by atoms with Crippen molar-refractivity contribution < 1.29 is 21.5 Å². The Kier molecular flexibility index (Phi) is 5.67. The smallest absolute Gasteiger partial charge is 0.142 e. The minimum absolute atomic E-state index is 0. The van der Waals surface area contributed by atoms with E-state index >= 15 is 0 Å². The molecule has 0 aromatic heterocycles. The minimum atomic E-state index is 0. The second-order valence-electron chi connectivity index (χ2n) is 5.84. The van der Waals surface area contributed by atoms with Crippen molar-refractivity contribution in [3.8, 4) is 24.2 Å². The van der Waals surface area contributed by atoms with Crippen LogP contribution in [0.4, 0.5) is 0 Å². The standard InChI is InChI=1S/C20H20N.BrH/c1-2-14-21(15-5-6-16-21)17-8-12-19-11-7-10-18-9-3-4-13-20(18)19;/h1,3-4,7,9-11,13H,5-6,14-17H2;1H/q+1;/p-1. The maximum absolute atomic E-state index is 5.54. The van der Waals surface area contributed by atoms with E-state index in [4.69, 9.17) is 6.42 Å². The van der Waals surface area contributed by atoms with E-state index in [9.17, 15) is 0 Å². The molecule has 0 spiro atoms. The Morgan fingerprint density at radius 1 is 0.955 bits per heavy atom. The normalized spacial score (nSPS) is 15.4. The Labute approximate surface area is 143 Å². The van der Waals surface area contributed by atoms with Gasteiger partial charge in [0.05, 0.1) is 13.1 Å². The number of benzene rings is 2. The van der Waals surface area contributed by atoms with Crippen molar-refractivity contribution in [1.82, 2.24) is 0 Å². The van der Waals surface area contributed by atoms with Crippen molar-refractivity contribution in [2.45, 2.75) is 12.8 Å². The molecule has 22 heavy (non-hydrogen) atoms. The topological polar surface area (TPSA) is 0 Å². The molecule has 3 rings (SSSR count). The maximum Gasteiger partial charge on any atom is 0.142 e. The molecule has 0 unspecified atom stereocenters. The monoisotopic (exact) mass is 353 g/mol. The van der Waals surface area contributed by atoms with Crippen molar-refractivity contribution in [3.63, 3.8) is 0 Å². The number of likely N-dealkylation sites (tertiary alicyclic amines) is 1. The van der Waals surface area contributed by atoms with Gasteiger partial charge in [-0.2, -0.15) is 0 Å². The zero-order valence-corrected chi connectivity index (χ0v) is 14.3. The van der Waals surface area contributed by atoms with Gasteiger partial charge in [-0.05, 0) is 28.7 Å². The molecule has 1 aliphatic heterocycles. The first-order valence-corrected chi connectivity index (χ1v) is 7.58. The van der Waals surface area contributed by atoms with E-state index in [0.29, 0.717) is 0 Å². The van der Waals surface area contributed by atoms with Gasteiger partial charge in [-0.3, -0.25) is 0 Å². The molecule has 0 radical (unpaired) electrons.